The van der Waals surface area contributed by atoms with Crippen molar-refractivity contribution in [2.75, 3.05) is 39.3 Å². The van der Waals surface area contributed by atoms with Crippen LogP contribution in [0.15, 0.2) is 0 Å². The van der Waals surface area contributed by atoms with Crippen LogP contribution in [0.3, 0.4) is 0 Å². The first-order valence-corrected chi connectivity index (χ1v) is 10.3. The standard InChI is InChI=1S/C21H46N4/c1-18(2)22-20(6,7)10-12-24-14-16-25(17-15-24)13-11-21(8,9)23-19(3,4)5/h18,22-23H,10-17H2,1-9H3. The molecule has 0 aliphatic carbocycles. The molecule has 1 aliphatic rings. The van der Waals surface area contributed by atoms with Crippen LogP contribution in [0.2, 0.25) is 0 Å². The first-order valence-electron chi connectivity index (χ1n) is 10.3. The highest BCUT2D eigenvalue weighted by atomic mass is 15.3. The SMILES string of the molecule is CC(C)NC(C)(C)CCN1CCN(CCC(C)(C)NC(C)(C)C)CC1. The van der Waals surface area contributed by atoms with Gasteiger partial charge in [-0.25, -0.2) is 0 Å². The van der Waals surface area contributed by atoms with Gasteiger partial charge in [-0.1, -0.05) is 13.8 Å². The average molecular weight is 355 g/mol. The lowest BCUT2D eigenvalue weighted by atomic mass is 9.95. The summed E-state index contributed by atoms with van der Waals surface area (Å²) < 4.78 is 0. The molecule has 0 aromatic carbocycles. The van der Waals surface area contributed by atoms with E-state index in [1.807, 2.05) is 0 Å². The third kappa shape index (κ3) is 10.5. The Labute approximate surface area is 158 Å². The largest absolute Gasteiger partial charge is 0.310 e. The summed E-state index contributed by atoms with van der Waals surface area (Å²) in [4.78, 5) is 5.28. The van der Waals surface area contributed by atoms with Gasteiger partial charge in [-0.05, 0) is 74.4 Å². The minimum atomic E-state index is 0.180. The summed E-state index contributed by atoms with van der Waals surface area (Å²) in [5, 5.41) is 7.43. The molecule has 1 fully saturated rings. The van der Waals surface area contributed by atoms with Crippen molar-refractivity contribution in [3.8, 4) is 0 Å². The summed E-state index contributed by atoms with van der Waals surface area (Å²) in [5.74, 6) is 0. The second kappa shape index (κ2) is 9.16. The number of hydrogen-bond acceptors (Lipinski definition) is 4. The molecule has 1 saturated heterocycles. The van der Waals surface area contributed by atoms with Gasteiger partial charge in [0.05, 0.1) is 0 Å². The number of nitrogens with one attached hydrogen (secondary N) is 2. The molecule has 4 heteroatoms. The second-order valence-corrected chi connectivity index (χ2v) is 10.6. The Morgan fingerprint density at radius 3 is 1.48 bits per heavy atom. The van der Waals surface area contributed by atoms with Crippen LogP contribution >= 0.6 is 0 Å². The van der Waals surface area contributed by atoms with Crippen LogP contribution < -0.4 is 10.6 Å². The van der Waals surface area contributed by atoms with Gasteiger partial charge in [-0.15, -0.1) is 0 Å². The molecule has 0 atom stereocenters. The molecule has 0 radical (unpaired) electrons. The molecule has 1 rings (SSSR count). The maximum absolute atomic E-state index is 3.75. The van der Waals surface area contributed by atoms with Gasteiger partial charge in [0.1, 0.15) is 0 Å². The molecule has 150 valence electrons. The normalized spacial score (nSPS) is 19.0. The Bertz CT molecular complexity index is 374. The Hall–Kier alpha value is -0.160. The fourth-order valence-electron chi connectivity index (χ4n) is 4.04. The van der Waals surface area contributed by atoms with Crippen LogP contribution in [0, 0.1) is 0 Å². The zero-order valence-corrected chi connectivity index (χ0v) is 18.6. The van der Waals surface area contributed by atoms with Crippen LogP contribution in [0.1, 0.15) is 75.2 Å². The Morgan fingerprint density at radius 2 is 1.12 bits per heavy atom. The minimum absolute atomic E-state index is 0.180. The summed E-state index contributed by atoms with van der Waals surface area (Å²) in [7, 11) is 0. The van der Waals surface area contributed by atoms with E-state index in [-0.39, 0.29) is 16.6 Å². The van der Waals surface area contributed by atoms with Crippen LogP contribution in [0.4, 0.5) is 0 Å². The van der Waals surface area contributed by atoms with Crippen molar-refractivity contribution in [3.63, 3.8) is 0 Å². The van der Waals surface area contributed by atoms with Crippen molar-refractivity contribution in [3.05, 3.63) is 0 Å². The van der Waals surface area contributed by atoms with Crippen molar-refractivity contribution >= 4 is 0 Å². The van der Waals surface area contributed by atoms with Crippen molar-refractivity contribution < 1.29 is 0 Å². The molecule has 0 saturated carbocycles. The highest BCUT2D eigenvalue weighted by molar-refractivity contribution is 4.87. The zero-order valence-electron chi connectivity index (χ0n) is 18.6. The molecule has 25 heavy (non-hydrogen) atoms. The molecule has 0 unspecified atom stereocenters. The van der Waals surface area contributed by atoms with Gasteiger partial charge in [-0.3, -0.25) is 0 Å². The first-order chi connectivity index (χ1) is 11.3. The van der Waals surface area contributed by atoms with Crippen molar-refractivity contribution in [1.82, 2.24) is 20.4 Å². The van der Waals surface area contributed by atoms with E-state index < -0.39 is 0 Å². The van der Waals surface area contributed by atoms with Gasteiger partial charge < -0.3 is 20.4 Å². The van der Waals surface area contributed by atoms with Gasteiger partial charge in [-0.2, -0.15) is 0 Å². The van der Waals surface area contributed by atoms with Crippen LogP contribution in [0.25, 0.3) is 0 Å². The van der Waals surface area contributed by atoms with Crippen LogP contribution in [-0.2, 0) is 0 Å². The fraction of sp³-hybridized carbons (Fsp3) is 1.00. The van der Waals surface area contributed by atoms with E-state index in [1.165, 1.54) is 52.1 Å². The van der Waals surface area contributed by atoms with E-state index in [1.54, 1.807) is 0 Å². The number of piperazine rings is 1. The summed E-state index contributed by atoms with van der Waals surface area (Å²) in [6.45, 7) is 27.8. The maximum atomic E-state index is 3.75. The second-order valence-electron chi connectivity index (χ2n) is 10.6. The quantitative estimate of drug-likeness (QED) is 0.665. The molecule has 0 spiro atoms. The topological polar surface area (TPSA) is 30.5 Å². The molecule has 2 N–H and O–H groups in total. The van der Waals surface area contributed by atoms with E-state index in [2.05, 4.69) is 82.7 Å². The lowest BCUT2D eigenvalue weighted by Crippen LogP contribution is -2.53. The highest BCUT2D eigenvalue weighted by Crippen LogP contribution is 2.16. The number of hydrogen-bond donors (Lipinski definition) is 2. The van der Waals surface area contributed by atoms with Crippen LogP contribution in [-0.4, -0.2) is 71.7 Å². The molecular weight excluding hydrogens is 308 g/mol. The molecule has 1 aliphatic heterocycles. The molecule has 0 aromatic heterocycles. The lowest BCUT2D eigenvalue weighted by Gasteiger charge is -2.40. The van der Waals surface area contributed by atoms with E-state index >= 15 is 0 Å². The predicted octanol–water partition coefficient (Wildman–Crippen LogP) is 3.33. The summed E-state index contributed by atoms with van der Waals surface area (Å²) >= 11 is 0. The third-order valence-corrected chi connectivity index (χ3v) is 4.96. The summed E-state index contributed by atoms with van der Waals surface area (Å²) in [6.07, 6.45) is 2.42. The van der Waals surface area contributed by atoms with Gasteiger partial charge in [0.15, 0.2) is 0 Å². The van der Waals surface area contributed by atoms with Gasteiger partial charge in [0.2, 0.25) is 0 Å². The Balaban J connectivity index is 2.28. The van der Waals surface area contributed by atoms with Gasteiger partial charge in [0, 0.05) is 48.8 Å². The smallest absolute Gasteiger partial charge is 0.0142 e. The summed E-state index contributed by atoms with van der Waals surface area (Å²) in [6, 6.07) is 0.553. The summed E-state index contributed by atoms with van der Waals surface area (Å²) in [5.41, 5.74) is 0.606. The number of rotatable bonds is 9. The van der Waals surface area contributed by atoms with E-state index in [0.717, 1.165) is 0 Å². The predicted molar refractivity (Wildman–Crippen MR) is 111 cm³/mol. The maximum Gasteiger partial charge on any atom is 0.0142 e. The van der Waals surface area contributed by atoms with E-state index in [0.29, 0.717) is 6.04 Å². The Morgan fingerprint density at radius 1 is 0.720 bits per heavy atom. The molecule has 0 aromatic rings. The lowest BCUT2D eigenvalue weighted by molar-refractivity contribution is 0.112. The van der Waals surface area contributed by atoms with Crippen LogP contribution in [0.5, 0.6) is 0 Å². The molecule has 0 amide bonds. The van der Waals surface area contributed by atoms with Gasteiger partial charge >= 0.3 is 0 Å². The van der Waals surface area contributed by atoms with E-state index in [9.17, 15) is 0 Å². The van der Waals surface area contributed by atoms with Crippen molar-refractivity contribution in [2.45, 2.75) is 97.8 Å². The first kappa shape index (κ1) is 22.9. The fourth-order valence-corrected chi connectivity index (χ4v) is 4.04. The average Bonchev–Trinajstić information content (AvgIpc) is 2.40. The highest BCUT2D eigenvalue weighted by Gasteiger charge is 2.26. The zero-order chi connectivity index (χ0) is 19.3. The monoisotopic (exact) mass is 354 g/mol. The Kier molecular flexibility index (Phi) is 8.39. The molecule has 0 bridgehead atoms. The third-order valence-electron chi connectivity index (χ3n) is 4.96. The minimum Gasteiger partial charge on any atom is -0.310 e. The molecule has 1 heterocycles. The molecular formula is C21H46N4. The van der Waals surface area contributed by atoms with E-state index in [4.69, 9.17) is 0 Å². The van der Waals surface area contributed by atoms with Crippen molar-refractivity contribution in [2.24, 2.45) is 0 Å². The number of nitrogens with zero attached hydrogens (tertiary/aromatic N) is 2. The van der Waals surface area contributed by atoms with Gasteiger partial charge in [0.25, 0.3) is 0 Å². The van der Waals surface area contributed by atoms with Crippen molar-refractivity contribution in [1.29, 1.82) is 0 Å². The molecule has 4 nitrogen and oxygen atoms in total.